The highest BCUT2D eigenvalue weighted by molar-refractivity contribution is 7.79. The van der Waals surface area contributed by atoms with Crippen LogP contribution in [0.2, 0.25) is 0 Å². The summed E-state index contributed by atoms with van der Waals surface area (Å²) in [5.74, 6) is 0.341. The zero-order chi connectivity index (χ0) is 18.4. The zero-order valence-corrected chi connectivity index (χ0v) is 17.5. The van der Waals surface area contributed by atoms with Gasteiger partial charge in [0, 0.05) is 6.54 Å². The Morgan fingerprint density at radius 3 is 1.72 bits per heavy atom. The summed E-state index contributed by atoms with van der Waals surface area (Å²) in [4.78, 5) is 0. The van der Waals surface area contributed by atoms with Crippen molar-refractivity contribution < 1.29 is 8.76 Å². The van der Waals surface area contributed by atoms with Gasteiger partial charge in [-0.15, -0.1) is 0 Å². The fourth-order valence-corrected chi connectivity index (χ4v) is 3.28. The Kier molecular flexibility index (Phi) is 21.7. The number of allylic oxidation sites excluding steroid dienone is 2. The van der Waals surface area contributed by atoms with Gasteiger partial charge in [-0.25, -0.2) is 4.21 Å². The second kappa shape index (κ2) is 21.9. The minimum atomic E-state index is -1.65. The quantitative estimate of drug-likeness (QED) is 0.151. The van der Waals surface area contributed by atoms with Crippen LogP contribution in [0, 0.1) is 0 Å². The number of rotatable bonds is 20. The molecule has 0 spiro atoms. The second-order valence-electron chi connectivity index (χ2n) is 7.07. The van der Waals surface area contributed by atoms with Crippen LogP contribution in [0.15, 0.2) is 12.2 Å². The summed E-state index contributed by atoms with van der Waals surface area (Å²) in [5, 5.41) is 3.21. The Balaban J connectivity index is 3.06. The first-order valence-electron chi connectivity index (χ1n) is 10.7. The van der Waals surface area contributed by atoms with Gasteiger partial charge in [-0.1, -0.05) is 83.3 Å². The van der Waals surface area contributed by atoms with Crippen LogP contribution >= 0.6 is 0 Å². The average molecular weight is 374 g/mol. The van der Waals surface area contributed by atoms with Crippen molar-refractivity contribution in [2.24, 2.45) is 0 Å². The summed E-state index contributed by atoms with van der Waals surface area (Å²) in [5.41, 5.74) is 0. The smallest absolute Gasteiger partial charge is 0.154 e. The average Bonchev–Trinajstić information content (AvgIpc) is 2.60. The molecule has 25 heavy (non-hydrogen) atoms. The van der Waals surface area contributed by atoms with Crippen LogP contribution in [0.4, 0.5) is 0 Å². The minimum Gasteiger partial charge on any atom is -0.316 e. The molecule has 0 fully saturated rings. The Bertz CT molecular complexity index is 308. The summed E-state index contributed by atoms with van der Waals surface area (Å²) in [6.45, 7) is 3.89. The Hall–Kier alpha value is -0.190. The molecule has 3 nitrogen and oxygen atoms in total. The largest absolute Gasteiger partial charge is 0.316 e. The second-order valence-corrected chi connectivity index (χ2v) is 8.12. The number of nitrogens with one attached hydrogen (secondary N) is 1. The molecule has 0 amide bonds. The number of hydrogen-bond acceptors (Lipinski definition) is 2. The number of unbranched alkanes of at least 4 members (excludes halogenated alkanes) is 13. The van der Waals surface area contributed by atoms with E-state index < -0.39 is 11.1 Å². The molecule has 0 aromatic carbocycles. The van der Waals surface area contributed by atoms with Gasteiger partial charge in [-0.05, 0) is 38.6 Å². The lowest BCUT2D eigenvalue weighted by Crippen LogP contribution is -2.21. The van der Waals surface area contributed by atoms with Crippen molar-refractivity contribution >= 4 is 11.1 Å². The van der Waals surface area contributed by atoms with Crippen molar-refractivity contribution in [1.82, 2.24) is 5.32 Å². The van der Waals surface area contributed by atoms with Gasteiger partial charge in [0.25, 0.3) is 0 Å². The maximum absolute atomic E-state index is 10.5. The molecule has 0 aromatic heterocycles. The highest BCUT2D eigenvalue weighted by Crippen LogP contribution is 2.10. The Morgan fingerprint density at radius 2 is 1.20 bits per heavy atom. The van der Waals surface area contributed by atoms with Crippen LogP contribution in [-0.4, -0.2) is 27.6 Å². The molecule has 0 saturated heterocycles. The van der Waals surface area contributed by atoms with Crippen LogP contribution in [0.1, 0.15) is 103 Å². The van der Waals surface area contributed by atoms with Gasteiger partial charge in [-0.2, -0.15) is 0 Å². The lowest BCUT2D eigenvalue weighted by Gasteiger charge is -2.03. The fraction of sp³-hybridized carbons (Fsp3) is 0.905. The Labute approximate surface area is 159 Å². The van der Waals surface area contributed by atoms with E-state index in [-0.39, 0.29) is 0 Å². The third-order valence-corrected chi connectivity index (χ3v) is 5.12. The summed E-state index contributed by atoms with van der Waals surface area (Å²) >= 11 is -1.65. The zero-order valence-electron chi connectivity index (χ0n) is 16.6. The lowest BCUT2D eigenvalue weighted by molar-refractivity contribution is 0.550. The van der Waals surface area contributed by atoms with E-state index in [1.165, 1.54) is 96.3 Å². The standard InChI is InChI=1S/C21H43NO2S/c1-2-3-4-5-6-7-8-9-10-11-12-13-14-15-16-17-18-19-22-20-21-25(23)24/h9-10,22H,2-8,11-21H2,1H3,(H,23,24)/b10-9-. The first kappa shape index (κ1) is 24.8. The fourth-order valence-electron chi connectivity index (χ4n) is 2.96. The SMILES string of the molecule is CCCCCCCC/C=C\CCCCCCCCCNCCS(=O)O. The molecule has 1 atom stereocenters. The van der Waals surface area contributed by atoms with E-state index in [2.05, 4.69) is 24.4 Å². The van der Waals surface area contributed by atoms with Crippen molar-refractivity contribution in [2.45, 2.75) is 103 Å². The molecule has 0 aliphatic heterocycles. The third kappa shape index (κ3) is 23.8. The normalized spacial score (nSPS) is 12.9. The molecule has 150 valence electrons. The molecule has 1 unspecified atom stereocenters. The summed E-state index contributed by atoms with van der Waals surface area (Å²) < 4.78 is 19.1. The van der Waals surface area contributed by atoms with Crippen LogP contribution in [0.5, 0.6) is 0 Å². The van der Waals surface area contributed by atoms with Crippen LogP contribution in [0.25, 0.3) is 0 Å². The summed E-state index contributed by atoms with van der Waals surface area (Å²) in [6.07, 6.45) is 24.8. The molecular formula is C21H43NO2S. The highest BCUT2D eigenvalue weighted by Gasteiger charge is 1.94. The molecule has 0 bridgehead atoms. The molecule has 0 aliphatic carbocycles. The predicted octanol–water partition coefficient (Wildman–Crippen LogP) is 6.23. The molecular weight excluding hydrogens is 330 g/mol. The molecule has 0 saturated carbocycles. The molecule has 0 aromatic rings. The van der Waals surface area contributed by atoms with Gasteiger partial charge < -0.3 is 9.87 Å². The van der Waals surface area contributed by atoms with Crippen molar-refractivity contribution in [3.8, 4) is 0 Å². The van der Waals surface area contributed by atoms with Crippen LogP contribution in [-0.2, 0) is 11.1 Å². The van der Waals surface area contributed by atoms with Gasteiger partial charge in [0.1, 0.15) is 0 Å². The maximum Gasteiger partial charge on any atom is 0.154 e. The van der Waals surface area contributed by atoms with Crippen molar-refractivity contribution in [3.05, 3.63) is 12.2 Å². The molecule has 2 N–H and O–H groups in total. The third-order valence-electron chi connectivity index (χ3n) is 4.57. The maximum atomic E-state index is 10.5. The topological polar surface area (TPSA) is 49.3 Å². The van der Waals surface area contributed by atoms with Gasteiger partial charge in [0.05, 0.1) is 5.75 Å². The van der Waals surface area contributed by atoms with Crippen molar-refractivity contribution in [1.29, 1.82) is 0 Å². The van der Waals surface area contributed by atoms with E-state index in [9.17, 15) is 4.21 Å². The summed E-state index contributed by atoms with van der Waals surface area (Å²) in [7, 11) is 0. The molecule has 0 aliphatic rings. The van der Waals surface area contributed by atoms with E-state index in [1.807, 2.05) is 0 Å². The van der Waals surface area contributed by atoms with Crippen LogP contribution < -0.4 is 5.32 Å². The van der Waals surface area contributed by atoms with Gasteiger partial charge >= 0.3 is 0 Å². The lowest BCUT2D eigenvalue weighted by atomic mass is 10.1. The predicted molar refractivity (Wildman–Crippen MR) is 113 cm³/mol. The van der Waals surface area contributed by atoms with Gasteiger partial charge in [-0.3, -0.25) is 0 Å². The summed E-state index contributed by atoms with van der Waals surface area (Å²) in [6, 6.07) is 0. The van der Waals surface area contributed by atoms with E-state index in [0.29, 0.717) is 12.3 Å². The van der Waals surface area contributed by atoms with E-state index in [0.717, 1.165) is 6.54 Å². The highest BCUT2D eigenvalue weighted by atomic mass is 32.2. The molecule has 0 heterocycles. The van der Waals surface area contributed by atoms with Crippen molar-refractivity contribution in [2.75, 3.05) is 18.8 Å². The Morgan fingerprint density at radius 1 is 0.720 bits per heavy atom. The minimum absolute atomic E-state index is 0.341. The van der Waals surface area contributed by atoms with E-state index in [4.69, 9.17) is 4.55 Å². The van der Waals surface area contributed by atoms with Crippen molar-refractivity contribution in [3.63, 3.8) is 0 Å². The molecule has 0 radical (unpaired) electrons. The number of hydrogen-bond donors (Lipinski definition) is 2. The van der Waals surface area contributed by atoms with Gasteiger partial charge in [0.2, 0.25) is 0 Å². The van der Waals surface area contributed by atoms with Crippen LogP contribution in [0.3, 0.4) is 0 Å². The van der Waals surface area contributed by atoms with E-state index >= 15 is 0 Å². The van der Waals surface area contributed by atoms with E-state index in [1.54, 1.807) is 0 Å². The first-order valence-corrected chi connectivity index (χ1v) is 12.0. The molecule has 0 rings (SSSR count). The first-order chi connectivity index (χ1) is 12.3. The monoisotopic (exact) mass is 373 g/mol. The van der Waals surface area contributed by atoms with Gasteiger partial charge in [0.15, 0.2) is 11.1 Å². The molecule has 4 heteroatoms.